The zero-order valence-electron chi connectivity index (χ0n) is 16.9. The first kappa shape index (κ1) is 21.8. The number of amides is 1. The molecule has 0 radical (unpaired) electrons. The van der Waals surface area contributed by atoms with Crippen molar-refractivity contribution in [2.45, 2.75) is 39.8 Å². The Balaban J connectivity index is 2.35. The van der Waals surface area contributed by atoms with Gasteiger partial charge in [0, 0.05) is 18.2 Å². The average Bonchev–Trinajstić information content (AvgIpc) is 2.64. The van der Waals surface area contributed by atoms with E-state index in [0.29, 0.717) is 17.9 Å². The monoisotopic (exact) mass is 405 g/mol. The van der Waals surface area contributed by atoms with Crippen molar-refractivity contribution in [1.82, 2.24) is 4.90 Å². The number of benzene rings is 2. The smallest absolute Gasteiger partial charge is 0.306 e. The zero-order valence-corrected chi connectivity index (χ0v) is 17.7. The number of aryl methyl sites for hydroxylation is 1. The van der Waals surface area contributed by atoms with Crippen LogP contribution in [-0.2, 0) is 16.7 Å². The number of carbonyl (C=O) groups is 1. The van der Waals surface area contributed by atoms with Gasteiger partial charge in [-0.1, -0.05) is 30.7 Å². The van der Waals surface area contributed by atoms with Gasteiger partial charge in [-0.25, -0.2) is 0 Å². The molecule has 1 atom stereocenters. The Morgan fingerprint density at radius 3 is 2.29 bits per heavy atom. The Morgan fingerprint density at radius 1 is 1.11 bits per heavy atom. The number of rotatable bonds is 8. The summed E-state index contributed by atoms with van der Waals surface area (Å²) in [6.07, 6.45) is 1.77. The second-order valence-electron chi connectivity index (χ2n) is 6.83. The summed E-state index contributed by atoms with van der Waals surface area (Å²) in [7, 11) is -2.26. The summed E-state index contributed by atoms with van der Waals surface area (Å²) in [6, 6.07) is 12.5. The molecule has 2 aromatic rings. The summed E-state index contributed by atoms with van der Waals surface area (Å²) in [4.78, 5) is 14.8. The molecule has 6 nitrogen and oxygen atoms in total. The van der Waals surface area contributed by atoms with Crippen molar-refractivity contribution in [3.8, 4) is 11.5 Å². The summed E-state index contributed by atoms with van der Waals surface area (Å²) in [5, 5.41) is 0. The number of hydrogen-bond donors (Lipinski definition) is 0. The van der Waals surface area contributed by atoms with Crippen LogP contribution in [0.1, 0.15) is 41.8 Å². The number of methoxy groups -OCH3 is 1. The third kappa shape index (κ3) is 5.73. The molecule has 7 heteroatoms. The van der Waals surface area contributed by atoms with E-state index in [9.17, 15) is 13.2 Å². The van der Waals surface area contributed by atoms with E-state index in [4.69, 9.17) is 8.92 Å². The summed E-state index contributed by atoms with van der Waals surface area (Å²) in [6.45, 7) is 6.31. The standard InChI is InChI=1S/C21H27NO5S/c1-6-16(3)22(21(23)18-10-7-15(2)8-11-18)14-17-9-12-19(26-4)20(13-17)27-28(5,24)25/h7-13,16H,6,14H2,1-5H3/t16-/m0/s1. The first-order valence-electron chi connectivity index (χ1n) is 9.08. The van der Waals surface area contributed by atoms with E-state index in [1.54, 1.807) is 23.1 Å². The van der Waals surface area contributed by atoms with Crippen LogP contribution in [0.2, 0.25) is 0 Å². The van der Waals surface area contributed by atoms with E-state index in [2.05, 4.69) is 0 Å². The Bertz CT molecular complexity index is 922. The van der Waals surface area contributed by atoms with Crippen LogP contribution in [0.4, 0.5) is 0 Å². The van der Waals surface area contributed by atoms with E-state index in [1.165, 1.54) is 7.11 Å². The highest BCUT2D eigenvalue weighted by Crippen LogP contribution is 2.30. The van der Waals surface area contributed by atoms with Crippen LogP contribution in [0.3, 0.4) is 0 Å². The van der Waals surface area contributed by atoms with Crippen LogP contribution in [0.5, 0.6) is 11.5 Å². The summed E-state index contributed by atoms with van der Waals surface area (Å²) < 4.78 is 33.3. The molecule has 0 unspecified atom stereocenters. The number of carbonyl (C=O) groups excluding carboxylic acids is 1. The van der Waals surface area contributed by atoms with E-state index in [0.717, 1.165) is 23.8 Å². The molecular formula is C21H27NO5S. The number of nitrogens with zero attached hydrogens (tertiary/aromatic N) is 1. The van der Waals surface area contributed by atoms with Crippen molar-refractivity contribution in [3.05, 3.63) is 59.2 Å². The molecule has 0 bridgehead atoms. The van der Waals surface area contributed by atoms with Crippen LogP contribution in [0, 0.1) is 6.92 Å². The number of ether oxygens (including phenoxy) is 1. The van der Waals surface area contributed by atoms with Gasteiger partial charge in [-0.15, -0.1) is 0 Å². The first-order chi connectivity index (χ1) is 13.1. The molecular weight excluding hydrogens is 378 g/mol. The van der Waals surface area contributed by atoms with Gasteiger partial charge in [0.1, 0.15) is 0 Å². The Morgan fingerprint density at radius 2 is 1.75 bits per heavy atom. The molecule has 0 spiro atoms. The van der Waals surface area contributed by atoms with Crippen molar-refractivity contribution in [2.24, 2.45) is 0 Å². The second kappa shape index (κ2) is 9.10. The van der Waals surface area contributed by atoms with Gasteiger partial charge in [-0.3, -0.25) is 4.79 Å². The fraction of sp³-hybridized carbons (Fsp3) is 0.381. The molecule has 0 heterocycles. The van der Waals surface area contributed by atoms with Crippen LogP contribution in [0.15, 0.2) is 42.5 Å². The van der Waals surface area contributed by atoms with Crippen LogP contribution in [0.25, 0.3) is 0 Å². The molecule has 0 aliphatic rings. The maximum atomic E-state index is 13.1. The van der Waals surface area contributed by atoms with Gasteiger partial charge >= 0.3 is 10.1 Å². The molecule has 2 rings (SSSR count). The normalized spacial score (nSPS) is 12.3. The zero-order chi connectivity index (χ0) is 20.9. The SMILES string of the molecule is CC[C@H](C)N(Cc1ccc(OC)c(OS(C)(=O)=O)c1)C(=O)c1ccc(C)cc1. The van der Waals surface area contributed by atoms with Gasteiger partial charge < -0.3 is 13.8 Å². The molecule has 0 fully saturated rings. The van der Waals surface area contributed by atoms with Gasteiger partial charge in [-0.2, -0.15) is 8.42 Å². The van der Waals surface area contributed by atoms with E-state index in [1.807, 2.05) is 45.0 Å². The molecule has 1 amide bonds. The number of hydrogen-bond acceptors (Lipinski definition) is 5. The lowest BCUT2D eigenvalue weighted by molar-refractivity contribution is 0.0671. The van der Waals surface area contributed by atoms with E-state index >= 15 is 0 Å². The average molecular weight is 406 g/mol. The minimum Gasteiger partial charge on any atom is -0.493 e. The second-order valence-corrected chi connectivity index (χ2v) is 8.40. The Kier molecular flexibility index (Phi) is 7.07. The van der Waals surface area contributed by atoms with Gasteiger partial charge in [0.2, 0.25) is 0 Å². The highest BCUT2D eigenvalue weighted by molar-refractivity contribution is 7.86. The van der Waals surface area contributed by atoms with Gasteiger partial charge in [0.05, 0.1) is 13.4 Å². The predicted molar refractivity (Wildman–Crippen MR) is 109 cm³/mol. The predicted octanol–water partition coefficient (Wildman–Crippen LogP) is 3.78. The molecule has 0 saturated carbocycles. The molecule has 0 aliphatic heterocycles. The van der Waals surface area contributed by atoms with Crippen molar-refractivity contribution in [2.75, 3.05) is 13.4 Å². The summed E-state index contributed by atoms with van der Waals surface area (Å²) in [5.41, 5.74) is 2.46. The maximum Gasteiger partial charge on any atom is 0.306 e. The van der Waals surface area contributed by atoms with Gasteiger partial charge in [0.25, 0.3) is 5.91 Å². The van der Waals surface area contributed by atoms with Crippen LogP contribution >= 0.6 is 0 Å². The largest absolute Gasteiger partial charge is 0.493 e. The highest BCUT2D eigenvalue weighted by Gasteiger charge is 2.22. The van der Waals surface area contributed by atoms with Crippen molar-refractivity contribution < 1.29 is 22.1 Å². The van der Waals surface area contributed by atoms with Gasteiger partial charge in [-0.05, 0) is 50.1 Å². The minimum atomic E-state index is -3.70. The Labute approximate surface area is 167 Å². The lowest BCUT2D eigenvalue weighted by atomic mass is 10.1. The van der Waals surface area contributed by atoms with Crippen molar-refractivity contribution in [1.29, 1.82) is 0 Å². The summed E-state index contributed by atoms with van der Waals surface area (Å²) in [5.74, 6) is 0.347. The molecule has 28 heavy (non-hydrogen) atoms. The molecule has 0 saturated heterocycles. The molecule has 152 valence electrons. The van der Waals surface area contributed by atoms with Gasteiger partial charge in [0.15, 0.2) is 11.5 Å². The third-order valence-corrected chi connectivity index (χ3v) is 4.99. The van der Waals surface area contributed by atoms with Crippen LogP contribution < -0.4 is 8.92 Å². The molecule has 0 aliphatic carbocycles. The fourth-order valence-corrected chi connectivity index (χ4v) is 3.21. The molecule has 2 aromatic carbocycles. The summed E-state index contributed by atoms with van der Waals surface area (Å²) >= 11 is 0. The quantitative estimate of drug-likeness (QED) is 0.625. The topological polar surface area (TPSA) is 72.9 Å². The van der Waals surface area contributed by atoms with E-state index < -0.39 is 10.1 Å². The minimum absolute atomic E-state index is 0.00943. The Hall–Kier alpha value is -2.54. The van der Waals surface area contributed by atoms with Crippen molar-refractivity contribution >= 4 is 16.0 Å². The first-order valence-corrected chi connectivity index (χ1v) is 10.9. The lowest BCUT2D eigenvalue weighted by Gasteiger charge is -2.29. The van der Waals surface area contributed by atoms with E-state index in [-0.39, 0.29) is 17.7 Å². The van der Waals surface area contributed by atoms with Crippen molar-refractivity contribution in [3.63, 3.8) is 0 Å². The fourth-order valence-electron chi connectivity index (χ4n) is 2.75. The molecule has 0 aromatic heterocycles. The third-order valence-electron chi connectivity index (χ3n) is 4.50. The van der Waals surface area contributed by atoms with Crippen LogP contribution in [-0.4, -0.2) is 38.6 Å². The maximum absolute atomic E-state index is 13.1. The lowest BCUT2D eigenvalue weighted by Crippen LogP contribution is -2.37. The highest BCUT2D eigenvalue weighted by atomic mass is 32.2. The molecule has 0 N–H and O–H groups in total.